The highest BCUT2D eigenvalue weighted by molar-refractivity contribution is 5.85. The molecule has 3 N–H and O–H groups in total. The molecule has 1 fully saturated rings. The van der Waals surface area contributed by atoms with Gasteiger partial charge in [0.1, 0.15) is 0 Å². The van der Waals surface area contributed by atoms with Crippen molar-refractivity contribution in [3.05, 3.63) is 35.4 Å². The Balaban J connectivity index is 0.00000108. The van der Waals surface area contributed by atoms with Gasteiger partial charge in [-0.3, -0.25) is 0 Å². The number of nitrogens with one attached hydrogen (secondary N) is 1. The number of halogens is 1. The van der Waals surface area contributed by atoms with Crippen LogP contribution in [-0.4, -0.2) is 28.5 Å². The summed E-state index contributed by atoms with van der Waals surface area (Å²) < 4.78 is 0. The predicted octanol–water partition coefficient (Wildman–Crippen LogP) is 1.18. The van der Waals surface area contributed by atoms with Crippen molar-refractivity contribution in [3.8, 4) is 0 Å². The van der Waals surface area contributed by atoms with Crippen molar-refractivity contribution < 1.29 is 10.2 Å². The molecule has 94 valence electrons. The summed E-state index contributed by atoms with van der Waals surface area (Å²) in [4.78, 5) is 0. The second-order valence-corrected chi connectivity index (χ2v) is 4.85. The molecular weight excluding hydrogens is 238 g/mol. The normalized spacial score (nSPS) is 35.4. The Bertz CT molecular complexity index is 399. The Morgan fingerprint density at radius 1 is 1.12 bits per heavy atom. The van der Waals surface area contributed by atoms with E-state index in [4.69, 9.17) is 0 Å². The molecule has 0 radical (unpaired) electrons. The average molecular weight is 256 g/mol. The number of hydrogen-bond acceptors (Lipinski definition) is 3. The van der Waals surface area contributed by atoms with Crippen LogP contribution in [0.3, 0.4) is 0 Å². The molecule has 0 aromatic heterocycles. The Kier molecular flexibility index (Phi) is 3.73. The molecule has 2 aliphatic rings. The van der Waals surface area contributed by atoms with E-state index in [2.05, 4.69) is 17.4 Å². The summed E-state index contributed by atoms with van der Waals surface area (Å²) in [5.74, 6) is 0.0497. The summed E-state index contributed by atoms with van der Waals surface area (Å²) in [5, 5.41) is 23.4. The van der Waals surface area contributed by atoms with Gasteiger partial charge in [0.25, 0.3) is 0 Å². The smallest absolute Gasteiger partial charge is 0.0882 e. The van der Waals surface area contributed by atoms with E-state index in [9.17, 15) is 10.2 Å². The van der Waals surface area contributed by atoms with Crippen LogP contribution in [0.4, 0.5) is 0 Å². The van der Waals surface area contributed by atoms with Crippen molar-refractivity contribution in [1.29, 1.82) is 0 Å². The van der Waals surface area contributed by atoms with Crippen LogP contribution in [0.25, 0.3) is 0 Å². The first-order valence-corrected chi connectivity index (χ1v) is 5.94. The van der Waals surface area contributed by atoms with Gasteiger partial charge < -0.3 is 15.5 Å². The van der Waals surface area contributed by atoms with Crippen LogP contribution >= 0.6 is 12.4 Å². The minimum atomic E-state index is -0.632. The molecule has 3 rings (SSSR count). The molecule has 0 bridgehead atoms. The van der Waals surface area contributed by atoms with Gasteiger partial charge in [0, 0.05) is 18.5 Å². The highest BCUT2D eigenvalue weighted by Crippen LogP contribution is 2.38. The van der Waals surface area contributed by atoms with Gasteiger partial charge in [0.05, 0.1) is 12.2 Å². The molecular formula is C13H18ClNO2. The maximum atomic E-state index is 10.1. The molecule has 0 amide bonds. The maximum absolute atomic E-state index is 10.1. The summed E-state index contributed by atoms with van der Waals surface area (Å²) in [6.07, 6.45) is 0.427. The molecule has 1 aromatic rings. The second-order valence-electron chi connectivity index (χ2n) is 4.85. The molecule has 0 saturated heterocycles. The van der Waals surface area contributed by atoms with Crippen molar-refractivity contribution in [2.75, 3.05) is 0 Å². The molecule has 3 nitrogen and oxygen atoms in total. The Hall–Kier alpha value is -0.610. The molecule has 1 heterocycles. The molecule has 17 heavy (non-hydrogen) atoms. The number of fused-ring (bicyclic) bond motifs is 3. The molecule has 0 spiro atoms. The number of aliphatic hydroxyl groups excluding tert-OH is 2. The average Bonchev–Trinajstić information content (AvgIpc) is 2.33. The molecule has 1 saturated carbocycles. The first kappa shape index (κ1) is 12.8. The lowest BCUT2D eigenvalue weighted by Crippen LogP contribution is -2.51. The third-order valence-electron chi connectivity index (χ3n) is 3.94. The van der Waals surface area contributed by atoms with Crippen LogP contribution in [0.1, 0.15) is 29.9 Å². The molecule has 4 heteroatoms. The van der Waals surface area contributed by atoms with Crippen LogP contribution in [0.15, 0.2) is 24.3 Å². The lowest BCUT2D eigenvalue weighted by Gasteiger charge is -2.43. The SMILES string of the molecule is Cl.O[C@@H]1[C@H]2c3ccccc3CN[C@H]2CC[C@@H]1O. The third-order valence-corrected chi connectivity index (χ3v) is 3.94. The minimum absolute atomic E-state index is 0. The van der Waals surface area contributed by atoms with Gasteiger partial charge in [-0.2, -0.15) is 0 Å². The van der Waals surface area contributed by atoms with Crippen molar-refractivity contribution in [3.63, 3.8) is 0 Å². The maximum Gasteiger partial charge on any atom is 0.0882 e. The summed E-state index contributed by atoms with van der Waals surface area (Å²) in [7, 11) is 0. The lowest BCUT2D eigenvalue weighted by molar-refractivity contribution is -0.0359. The quantitative estimate of drug-likeness (QED) is 0.653. The van der Waals surface area contributed by atoms with Crippen molar-refractivity contribution in [2.24, 2.45) is 0 Å². The fraction of sp³-hybridized carbons (Fsp3) is 0.538. The van der Waals surface area contributed by atoms with Gasteiger partial charge in [-0.1, -0.05) is 24.3 Å². The van der Waals surface area contributed by atoms with Gasteiger partial charge in [0.15, 0.2) is 0 Å². The van der Waals surface area contributed by atoms with E-state index in [-0.39, 0.29) is 18.3 Å². The van der Waals surface area contributed by atoms with E-state index in [1.165, 1.54) is 11.1 Å². The zero-order chi connectivity index (χ0) is 11.1. The Labute approximate surface area is 107 Å². The van der Waals surface area contributed by atoms with Crippen LogP contribution in [0.5, 0.6) is 0 Å². The van der Waals surface area contributed by atoms with Crippen LogP contribution in [0, 0.1) is 0 Å². The lowest BCUT2D eigenvalue weighted by atomic mass is 9.73. The fourth-order valence-corrected chi connectivity index (χ4v) is 3.07. The predicted molar refractivity (Wildman–Crippen MR) is 68.3 cm³/mol. The summed E-state index contributed by atoms with van der Waals surface area (Å²) in [5.41, 5.74) is 2.45. The molecule has 0 unspecified atom stereocenters. The van der Waals surface area contributed by atoms with E-state index < -0.39 is 12.2 Å². The highest BCUT2D eigenvalue weighted by atomic mass is 35.5. The molecule has 1 aromatic carbocycles. The van der Waals surface area contributed by atoms with Gasteiger partial charge in [0.2, 0.25) is 0 Å². The van der Waals surface area contributed by atoms with Crippen LogP contribution in [-0.2, 0) is 6.54 Å². The van der Waals surface area contributed by atoms with E-state index in [1.54, 1.807) is 0 Å². The zero-order valence-corrected chi connectivity index (χ0v) is 10.4. The van der Waals surface area contributed by atoms with Crippen LogP contribution < -0.4 is 5.32 Å². The largest absolute Gasteiger partial charge is 0.390 e. The van der Waals surface area contributed by atoms with Crippen molar-refractivity contribution >= 4 is 12.4 Å². The Morgan fingerprint density at radius 2 is 1.88 bits per heavy atom. The van der Waals surface area contributed by atoms with Crippen molar-refractivity contribution in [2.45, 2.75) is 43.6 Å². The number of benzene rings is 1. The van der Waals surface area contributed by atoms with E-state index >= 15 is 0 Å². The monoisotopic (exact) mass is 255 g/mol. The topological polar surface area (TPSA) is 52.5 Å². The van der Waals surface area contributed by atoms with Gasteiger partial charge in [-0.15, -0.1) is 12.4 Å². The zero-order valence-electron chi connectivity index (χ0n) is 9.54. The number of aliphatic hydroxyl groups is 2. The standard InChI is InChI=1S/C13H17NO2.ClH/c15-11-6-5-10-12(13(11)16)9-4-2-1-3-8(9)7-14-10;/h1-4,10-16H,5-7H2;1H/t10-,11-,12-,13-;/m0./s1. The first-order chi connectivity index (χ1) is 7.77. The molecule has 4 atom stereocenters. The van der Waals surface area contributed by atoms with Crippen LogP contribution in [0.2, 0.25) is 0 Å². The molecule has 1 aliphatic carbocycles. The minimum Gasteiger partial charge on any atom is -0.390 e. The van der Waals surface area contributed by atoms with Gasteiger partial charge >= 0.3 is 0 Å². The van der Waals surface area contributed by atoms with Gasteiger partial charge in [-0.05, 0) is 24.0 Å². The second kappa shape index (κ2) is 4.94. The van der Waals surface area contributed by atoms with Gasteiger partial charge in [-0.25, -0.2) is 0 Å². The fourth-order valence-electron chi connectivity index (χ4n) is 3.07. The Morgan fingerprint density at radius 3 is 2.71 bits per heavy atom. The molecule has 1 aliphatic heterocycles. The van der Waals surface area contributed by atoms with E-state index in [0.717, 1.165) is 13.0 Å². The number of hydrogen-bond donors (Lipinski definition) is 3. The summed E-state index contributed by atoms with van der Waals surface area (Å²) in [6.45, 7) is 0.875. The van der Waals surface area contributed by atoms with E-state index in [0.29, 0.717) is 12.5 Å². The highest BCUT2D eigenvalue weighted by Gasteiger charge is 2.41. The first-order valence-electron chi connectivity index (χ1n) is 5.94. The summed E-state index contributed by atoms with van der Waals surface area (Å²) in [6, 6.07) is 8.51. The number of rotatable bonds is 0. The summed E-state index contributed by atoms with van der Waals surface area (Å²) >= 11 is 0. The van der Waals surface area contributed by atoms with E-state index in [1.807, 2.05) is 12.1 Å². The van der Waals surface area contributed by atoms with Crippen molar-refractivity contribution in [1.82, 2.24) is 5.32 Å². The third kappa shape index (κ3) is 2.08.